The Labute approximate surface area is 178 Å². The summed E-state index contributed by atoms with van der Waals surface area (Å²) < 4.78 is 0. The van der Waals surface area contributed by atoms with E-state index < -0.39 is 0 Å². The number of H-pyrrole nitrogens is 1. The van der Waals surface area contributed by atoms with E-state index in [0.717, 1.165) is 68.5 Å². The molecule has 6 heteroatoms. The van der Waals surface area contributed by atoms with Crippen molar-refractivity contribution in [1.29, 1.82) is 0 Å². The molecule has 0 spiro atoms. The van der Waals surface area contributed by atoms with Crippen LogP contribution in [0.15, 0.2) is 18.2 Å². The number of nitrogens with zero attached hydrogens (tertiary/aromatic N) is 3. The van der Waals surface area contributed by atoms with Gasteiger partial charge in [-0.15, -0.1) is 0 Å². The van der Waals surface area contributed by atoms with Crippen LogP contribution in [0.1, 0.15) is 54.7 Å². The summed E-state index contributed by atoms with van der Waals surface area (Å²) in [4.78, 5) is 35.9. The molecule has 6 nitrogen and oxygen atoms in total. The molecule has 1 saturated heterocycles. The lowest BCUT2D eigenvalue weighted by Crippen LogP contribution is -2.50. The molecular weight excluding hydrogens is 376 g/mol. The maximum atomic E-state index is 13.2. The van der Waals surface area contributed by atoms with Crippen LogP contribution in [0, 0.1) is 5.92 Å². The molecule has 1 aliphatic carbocycles. The molecule has 5 rings (SSSR count). The molecule has 0 bridgehead atoms. The number of rotatable bonds is 3. The van der Waals surface area contributed by atoms with Gasteiger partial charge in [0.1, 0.15) is 0 Å². The predicted octanol–water partition coefficient (Wildman–Crippen LogP) is 3.02. The fourth-order valence-electron chi connectivity index (χ4n) is 5.07. The summed E-state index contributed by atoms with van der Waals surface area (Å²) in [6, 6.07) is 6.54. The smallest absolute Gasteiger partial charge is 0.253 e. The molecule has 1 aromatic heterocycles. The molecule has 2 aromatic rings. The quantitative estimate of drug-likeness (QED) is 0.849. The Hall–Kier alpha value is -2.34. The van der Waals surface area contributed by atoms with Gasteiger partial charge in [0.05, 0.1) is 0 Å². The normalized spacial score (nSPS) is 20.5. The van der Waals surface area contributed by atoms with Gasteiger partial charge in [-0.25, -0.2) is 0 Å². The topological polar surface area (TPSA) is 59.7 Å². The highest BCUT2D eigenvalue weighted by molar-refractivity contribution is 5.99. The van der Waals surface area contributed by atoms with Crippen LogP contribution >= 0.6 is 0 Å². The second-order valence-corrected chi connectivity index (χ2v) is 9.40. The van der Waals surface area contributed by atoms with E-state index in [1.165, 1.54) is 17.7 Å². The number of aromatic amines is 1. The van der Waals surface area contributed by atoms with E-state index in [9.17, 15) is 9.59 Å². The predicted molar refractivity (Wildman–Crippen MR) is 117 cm³/mol. The third-order valence-electron chi connectivity index (χ3n) is 7.32. The summed E-state index contributed by atoms with van der Waals surface area (Å²) in [5.41, 5.74) is 4.24. The first kappa shape index (κ1) is 19.6. The lowest BCUT2D eigenvalue weighted by molar-refractivity contribution is -0.139. The van der Waals surface area contributed by atoms with Gasteiger partial charge in [-0.3, -0.25) is 14.5 Å². The first-order chi connectivity index (χ1) is 14.5. The summed E-state index contributed by atoms with van der Waals surface area (Å²) >= 11 is 0. The summed E-state index contributed by atoms with van der Waals surface area (Å²) in [5, 5.41) is 1.10. The van der Waals surface area contributed by atoms with Gasteiger partial charge in [0, 0.05) is 85.4 Å². The SMILES string of the molecule is CC(C)N1CCN(C(=O)c2ccc3[nH]c4c(c3c2)CN(C(=O)C2CCC2)CC4)CC1. The van der Waals surface area contributed by atoms with Crippen molar-refractivity contribution in [3.8, 4) is 0 Å². The van der Waals surface area contributed by atoms with Crippen LogP contribution in [0.5, 0.6) is 0 Å². The molecule has 2 amide bonds. The number of fused-ring (bicyclic) bond motifs is 3. The molecule has 30 heavy (non-hydrogen) atoms. The molecule has 0 radical (unpaired) electrons. The maximum absolute atomic E-state index is 13.2. The van der Waals surface area contributed by atoms with Crippen molar-refractivity contribution >= 4 is 22.7 Å². The van der Waals surface area contributed by atoms with Crippen molar-refractivity contribution in [2.24, 2.45) is 5.92 Å². The number of hydrogen-bond acceptors (Lipinski definition) is 3. The first-order valence-electron chi connectivity index (χ1n) is 11.5. The molecule has 3 aliphatic rings. The first-order valence-corrected chi connectivity index (χ1v) is 11.5. The van der Waals surface area contributed by atoms with Crippen molar-refractivity contribution in [3.63, 3.8) is 0 Å². The molecular formula is C24H32N4O2. The Balaban J connectivity index is 1.36. The van der Waals surface area contributed by atoms with Crippen molar-refractivity contribution in [2.45, 2.75) is 52.1 Å². The number of amides is 2. The van der Waals surface area contributed by atoms with E-state index in [0.29, 0.717) is 18.5 Å². The van der Waals surface area contributed by atoms with Crippen LogP contribution in [0.2, 0.25) is 0 Å². The van der Waals surface area contributed by atoms with Crippen LogP contribution in [0.25, 0.3) is 10.9 Å². The highest BCUT2D eigenvalue weighted by Crippen LogP contribution is 2.33. The van der Waals surface area contributed by atoms with Gasteiger partial charge in [0.15, 0.2) is 0 Å². The minimum Gasteiger partial charge on any atom is -0.358 e. The van der Waals surface area contributed by atoms with Crippen molar-refractivity contribution in [3.05, 3.63) is 35.0 Å². The van der Waals surface area contributed by atoms with E-state index in [1.54, 1.807) is 0 Å². The molecule has 1 aromatic carbocycles. The van der Waals surface area contributed by atoms with Crippen molar-refractivity contribution < 1.29 is 9.59 Å². The second-order valence-electron chi connectivity index (χ2n) is 9.40. The van der Waals surface area contributed by atoms with Gasteiger partial charge < -0.3 is 14.8 Å². The Kier molecular flexibility index (Phi) is 5.05. The molecule has 160 valence electrons. The fourth-order valence-corrected chi connectivity index (χ4v) is 5.07. The highest BCUT2D eigenvalue weighted by atomic mass is 16.2. The summed E-state index contributed by atoms with van der Waals surface area (Å²) in [6.07, 6.45) is 4.12. The molecule has 1 N–H and O–H groups in total. The van der Waals surface area contributed by atoms with E-state index in [2.05, 4.69) is 23.7 Å². The summed E-state index contributed by atoms with van der Waals surface area (Å²) in [6.45, 7) is 9.30. The average Bonchev–Trinajstić information content (AvgIpc) is 3.09. The van der Waals surface area contributed by atoms with Gasteiger partial charge >= 0.3 is 0 Å². The molecule has 0 unspecified atom stereocenters. The monoisotopic (exact) mass is 408 g/mol. The standard InChI is InChI=1S/C24H32N4O2/c1-16(2)26-10-12-27(13-11-26)24(30)18-6-7-21-19(14-18)20-15-28(9-8-22(20)25-21)23(29)17-4-3-5-17/h6-7,14,16-17,25H,3-5,8-13,15H2,1-2H3. The number of hydrogen-bond donors (Lipinski definition) is 1. The van der Waals surface area contributed by atoms with E-state index >= 15 is 0 Å². The number of aromatic nitrogens is 1. The highest BCUT2D eigenvalue weighted by Gasteiger charge is 2.32. The minimum absolute atomic E-state index is 0.119. The summed E-state index contributed by atoms with van der Waals surface area (Å²) in [5.74, 6) is 0.670. The van der Waals surface area contributed by atoms with Crippen molar-refractivity contribution in [2.75, 3.05) is 32.7 Å². The van der Waals surface area contributed by atoms with E-state index in [1.807, 2.05) is 28.0 Å². The fraction of sp³-hybridized carbons (Fsp3) is 0.583. The van der Waals surface area contributed by atoms with Crippen LogP contribution in [-0.4, -0.2) is 70.3 Å². The molecule has 2 fully saturated rings. The van der Waals surface area contributed by atoms with Gasteiger partial charge in [0.2, 0.25) is 5.91 Å². The third-order valence-corrected chi connectivity index (χ3v) is 7.32. The molecule has 2 aliphatic heterocycles. The van der Waals surface area contributed by atoms with Crippen LogP contribution < -0.4 is 0 Å². The summed E-state index contributed by atoms with van der Waals surface area (Å²) in [7, 11) is 0. The Morgan fingerprint density at radius 2 is 1.80 bits per heavy atom. The van der Waals surface area contributed by atoms with E-state index in [-0.39, 0.29) is 11.8 Å². The maximum Gasteiger partial charge on any atom is 0.253 e. The number of piperazine rings is 1. The Morgan fingerprint density at radius 3 is 2.47 bits per heavy atom. The lowest BCUT2D eigenvalue weighted by Gasteiger charge is -2.37. The van der Waals surface area contributed by atoms with Gasteiger partial charge in [-0.1, -0.05) is 6.42 Å². The van der Waals surface area contributed by atoms with Crippen LogP contribution in [-0.2, 0) is 17.8 Å². The second kappa shape index (κ2) is 7.73. The largest absolute Gasteiger partial charge is 0.358 e. The Morgan fingerprint density at radius 1 is 1.03 bits per heavy atom. The molecule has 0 atom stereocenters. The number of carbonyl (C=O) groups is 2. The van der Waals surface area contributed by atoms with Gasteiger partial charge in [-0.05, 0) is 44.9 Å². The van der Waals surface area contributed by atoms with Gasteiger partial charge in [-0.2, -0.15) is 0 Å². The van der Waals surface area contributed by atoms with Crippen LogP contribution in [0.3, 0.4) is 0 Å². The van der Waals surface area contributed by atoms with Crippen LogP contribution in [0.4, 0.5) is 0 Å². The van der Waals surface area contributed by atoms with E-state index in [4.69, 9.17) is 0 Å². The molecule has 1 saturated carbocycles. The zero-order chi connectivity index (χ0) is 20.8. The number of carbonyl (C=O) groups excluding carboxylic acids is 2. The number of nitrogens with one attached hydrogen (secondary N) is 1. The number of benzene rings is 1. The minimum atomic E-state index is 0.119. The lowest BCUT2D eigenvalue weighted by atomic mass is 9.84. The zero-order valence-electron chi connectivity index (χ0n) is 18.1. The van der Waals surface area contributed by atoms with Gasteiger partial charge in [0.25, 0.3) is 5.91 Å². The average molecular weight is 409 g/mol. The zero-order valence-corrected chi connectivity index (χ0v) is 18.1. The third kappa shape index (κ3) is 3.41. The van der Waals surface area contributed by atoms with Crippen molar-refractivity contribution in [1.82, 2.24) is 19.7 Å². The molecule has 3 heterocycles. The Bertz CT molecular complexity index is 967.